The standard InChI is InChI=1S/C14H25N3O7/c1-3-7(2)11(14(23)24)17-13(22)9(4-5-10(19)20)16-12(21)8(15)6-18/h7-9,11,18H,3-6,15H2,1-2H3,(H,16,21)(H,17,22)(H,19,20)(H,23,24)/t7-,8-,9-,11-/m0/s1. The van der Waals surface area contributed by atoms with E-state index in [9.17, 15) is 24.3 Å². The molecule has 4 atom stereocenters. The van der Waals surface area contributed by atoms with Crippen molar-refractivity contribution in [2.45, 2.75) is 51.2 Å². The summed E-state index contributed by atoms with van der Waals surface area (Å²) in [7, 11) is 0. The van der Waals surface area contributed by atoms with E-state index in [2.05, 4.69) is 10.6 Å². The van der Waals surface area contributed by atoms with E-state index in [1.54, 1.807) is 13.8 Å². The number of hydrogen-bond donors (Lipinski definition) is 6. The van der Waals surface area contributed by atoms with Crippen LogP contribution in [-0.2, 0) is 19.2 Å². The SMILES string of the molecule is CC[C@H](C)[C@H](NC(=O)[C@H](CCC(=O)O)NC(=O)[C@@H](N)CO)C(=O)O. The highest BCUT2D eigenvalue weighted by Crippen LogP contribution is 2.09. The summed E-state index contributed by atoms with van der Waals surface area (Å²) in [5.74, 6) is -4.42. The van der Waals surface area contributed by atoms with E-state index in [-0.39, 0.29) is 12.3 Å². The quantitative estimate of drug-likeness (QED) is 0.255. The van der Waals surface area contributed by atoms with Crippen LogP contribution < -0.4 is 16.4 Å². The molecular weight excluding hydrogens is 322 g/mol. The van der Waals surface area contributed by atoms with Gasteiger partial charge in [-0.05, 0) is 12.3 Å². The lowest BCUT2D eigenvalue weighted by molar-refractivity contribution is -0.144. The van der Waals surface area contributed by atoms with E-state index in [1.807, 2.05) is 0 Å². The average Bonchev–Trinajstić information content (AvgIpc) is 2.53. The fourth-order valence-corrected chi connectivity index (χ4v) is 1.84. The number of carbonyl (C=O) groups excluding carboxylic acids is 2. The number of aliphatic carboxylic acids is 2. The molecule has 0 aromatic heterocycles. The normalized spacial score (nSPS) is 15.7. The van der Waals surface area contributed by atoms with Gasteiger partial charge in [-0.1, -0.05) is 20.3 Å². The number of nitrogens with two attached hydrogens (primary N) is 1. The molecule has 0 aliphatic carbocycles. The van der Waals surface area contributed by atoms with Gasteiger partial charge < -0.3 is 31.7 Å². The molecule has 7 N–H and O–H groups in total. The minimum atomic E-state index is -1.27. The van der Waals surface area contributed by atoms with Gasteiger partial charge in [0, 0.05) is 6.42 Å². The molecule has 10 heteroatoms. The fourth-order valence-electron chi connectivity index (χ4n) is 1.84. The number of carboxylic acid groups (broad SMARTS) is 2. The first-order chi connectivity index (χ1) is 11.1. The number of hydrogen-bond acceptors (Lipinski definition) is 6. The number of carboxylic acids is 2. The predicted molar refractivity (Wildman–Crippen MR) is 82.9 cm³/mol. The van der Waals surface area contributed by atoms with Gasteiger partial charge in [0.15, 0.2) is 0 Å². The molecule has 0 saturated heterocycles. The van der Waals surface area contributed by atoms with Crippen LogP contribution in [0.4, 0.5) is 0 Å². The second-order valence-electron chi connectivity index (χ2n) is 5.49. The van der Waals surface area contributed by atoms with E-state index in [1.165, 1.54) is 0 Å². The van der Waals surface area contributed by atoms with Crippen LogP contribution in [0.15, 0.2) is 0 Å². The summed E-state index contributed by atoms with van der Waals surface area (Å²) >= 11 is 0. The Morgan fingerprint density at radius 3 is 2.08 bits per heavy atom. The highest BCUT2D eigenvalue weighted by Gasteiger charge is 2.30. The van der Waals surface area contributed by atoms with Crippen molar-refractivity contribution in [1.82, 2.24) is 10.6 Å². The number of nitrogens with one attached hydrogen (secondary N) is 2. The van der Waals surface area contributed by atoms with E-state index in [0.29, 0.717) is 6.42 Å². The van der Waals surface area contributed by atoms with Crippen molar-refractivity contribution in [2.24, 2.45) is 11.7 Å². The lowest BCUT2D eigenvalue weighted by Crippen LogP contribution is -2.56. The monoisotopic (exact) mass is 347 g/mol. The minimum absolute atomic E-state index is 0.238. The Balaban J connectivity index is 5.09. The summed E-state index contributed by atoms with van der Waals surface area (Å²) in [4.78, 5) is 45.9. The Morgan fingerprint density at radius 1 is 1.08 bits per heavy atom. The van der Waals surface area contributed by atoms with Crippen molar-refractivity contribution in [2.75, 3.05) is 6.61 Å². The summed E-state index contributed by atoms with van der Waals surface area (Å²) in [5, 5.41) is 31.3. The second kappa shape index (κ2) is 10.6. The molecule has 0 rings (SSSR count). The number of amides is 2. The largest absolute Gasteiger partial charge is 0.481 e. The summed E-state index contributed by atoms with van der Waals surface area (Å²) in [5.41, 5.74) is 5.34. The first kappa shape index (κ1) is 21.8. The molecule has 0 fully saturated rings. The second-order valence-corrected chi connectivity index (χ2v) is 5.49. The lowest BCUT2D eigenvalue weighted by Gasteiger charge is -2.24. The molecule has 0 bridgehead atoms. The van der Waals surface area contributed by atoms with E-state index >= 15 is 0 Å². The molecule has 0 aromatic carbocycles. The van der Waals surface area contributed by atoms with Crippen LogP contribution >= 0.6 is 0 Å². The summed E-state index contributed by atoms with van der Waals surface area (Å²) in [6, 6.07) is -3.70. The molecule has 0 radical (unpaired) electrons. The van der Waals surface area contributed by atoms with Crippen LogP contribution in [0.1, 0.15) is 33.1 Å². The van der Waals surface area contributed by atoms with Crippen LogP contribution in [0.25, 0.3) is 0 Å². The summed E-state index contributed by atoms with van der Waals surface area (Å²) in [6.45, 7) is 2.76. The average molecular weight is 347 g/mol. The Kier molecular flexibility index (Phi) is 9.58. The van der Waals surface area contributed by atoms with E-state index in [4.69, 9.17) is 15.9 Å². The van der Waals surface area contributed by atoms with Gasteiger partial charge in [-0.2, -0.15) is 0 Å². The third kappa shape index (κ3) is 7.38. The third-order valence-corrected chi connectivity index (χ3v) is 3.59. The third-order valence-electron chi connectivity index (χ3n) is 3.59. The van der Waals surface area contributed by atoms with Crippen LogP contribution in [-0.4, -0.2) is 63.8 Å². The molecule has 10 nitrogen and oxygen atoms in total. The Bertz CT molecular complexity index is 469. The maximum Gasteiger partial charge on any atom is 0.326 e. The van der Waals surface area contributed by atoms with Gasteiger partial charge >= 0.3 is 11.9 Å². The molecule has 138 valence electrons. The molecule has 0 aromatic rings. The van der Waals surface area contributed by atoms with Crippen LogP contribution in [0.5, 0.6) is 0 Å². The van der Waals surface area contributed by atoms with Crippen molar-refractivity contribution in [1.29, 1.82) is 0 Å². The zero-order chi connectivity index (χ0) is 18.9. The summed E-state index contributed by atoms with van der Waals surface area (Å²) < 4.78 is 0. The molecule has 24 heavy (non-hydrogen) atoms. The van der Waals surface area contributed by atoms with Crippen LogP contribution in [0, 0.1) is 5.92 Å². The lowest BCUT2D eigenvalue weighted by atomic mass is 9.98. The van der Waals surface area contributed by atoms with Gasteiger partial charge in [0.25, 0.3) is 0 Å². The zero-order valence-corrected chi connectivity index (χ0v) is 13.7. The first-order valence-electron chi connectivity index (χ1n) is 7.55. The number of carbonyl (C=O) groups is 4. The van der Waals surface area contributed by atoms with E-state index in [0.717, 1.165) is 0 Å². The molecular formula is C14H25N3O7. The Morgan fingerprint density at radius 2 is 1.67 bits per heavy atom. The van der Waals surface area contributed by atoms with Crippen LogP contribution in [0.2, 0.25) is 0 Å². The molecule has 0 spiro atoms. The maximum atomic E-state index is 12.3. The van der Waals surface area contributed by atoms with Crippen molar-refractivity contribution in [3.63, 3.8) is 0 Å². The topological polar surface area (TPSA) is 179 Å². The molecule has 0 heterocycles. The van der Waals surface area contributed by atoms with Gasteiger partial charge in [0.05, 0.1) is 6.61 Å². The van der Waals surface area contributed by atoms with Crippen molar-refractivity contribution in [3.05, 3.63) is 0 Å². The Labute approximate surface area is 139 Å². The van der Waals surface area contributed by atoms with Crippen molar-refractivity contribution < 1.29 is 34.5 Å². The van der Waals surface area contributed by atoms with Gasteiger partial charge in [-0.15, -0.1) is 0 Å². The van der Waals surface area contributed by atoms with E-state index < -0.39 is 54.9 Å². The highest BCUT2D eigenvalue weighted by molar-refractivity contribution is 5.92. The van der Waals surface area contributed by atoms with Gasteiger partial charge in [0.2, 0.25) is 11.8 Å². The number of aliphatic hydroxyl groups excluding tert-OH is 1. The molecule has 0 aliphatic heterocycles. The summed E-state index contributed by atoms with van der Waals surface area (Å²) in [6.07, 6.45) is -0.148. The molecule has 0 unspecified atom stereocenters. The zero-order valence-electron chi connectivity index (χ0n) is 13.7. The van der Waals surface area contributed by atoms with Crippen LogP contribution in [0.3, 0.4) is 0 Å². The van der Waals surface area contributed by atoms with Gasteiger partial charge in [-0.25, -0.2) is 4.79 Å². The number of rotatable bonds is 11. The highest BCUT2D eigenvalue weighted by atomic mass is 16.4. The first-order valence-corrected chi connectivity index (χ1v) is 7.55. The molecule has 0 aliphatic rings. The smallest absolute Gasteiger partial charge is 0.326 e. The number of aliphatic hydroxyl groups is 1. The molecule has 0 saturated carbocycles. The Hall–Kier alpha value is -2.20. The maximum absolute atomic E-state index is 12.3. The van der Waals surface area contributed by atoms with Gasteiger partial charge in [-0.3, -0.25) is 14.4 Å². The van der Waals surface area contributed by atoms with Crippen molar-refractivity contribution >= 4 is 23.8 Å². The molecule has 2 amide bonds. The predicted octanol–water partition coefficient (Wildman–Crippen LogP) is -1.73. The van der Waals surface area contributed by atoms with Crippen molar-refractivity contribution in [3.8, 4) is 0 Å². The fraction of sp³-hybridized carbons (Fsp3) is 0.714. The van der Waals surface area contributed by atoms with Gasteiger partial charge in [0.1, 0.15) is 18.1 Å². The minimum Gasteiger partial charge on any atom is -0.481 e.